The van der Waals surface area contributed by atoms with Crippen LogP contribution in [-0.2, 0) is 0 Å². The first-order valence-electron chi connectivity index (χ1n) is 6.06. The highest BCUT2D eigenvalue weighted by Crippen LogP contribution is 2.22. The fraction of sp³-hybridized carbons (Fsp3) is 0.143. The van der Waals surface area contributed by atoms with E-state index in [0.717, 1.165) is 16.5 Å². The third-order valence-corrected chi connectivity index (χ3v) is 2.60. The number of urea groups is 1. The molecule has 98 valence electrons. The molecule has 0 fully saturated rings. The Labute approximate surface area is 111 Å². The highest BCUT2D eigenvalue weighted by Gasteiger charge is 2.05. The first-order chi connectivity index (χ1) is 9.20. The zero-order valence-corrected chi connectivity index (χ0v) is 10.7. The van der Waals surface area contributed by atoms with Gasteiger partial charge in [0.05, 0.1) is 0 Å². The zero-order chi connectivity index (χ0) is 13.7. The second-order valence-electron chi connectivity index (χ2n) is 3.96. The summed E-state index contributed by atoms with van der Waals surface area (Å²) >= 11 is 0. The average Bonchev–Trinajstić information content (AvgIpc) is 2.39. The summed E-state index contributed by atoms with van der Waals surface area (Å²) in [5.74, 6) is 0.353. The third-order valence-electron chi connectivity index (χ3n) is 2.60. The molecule has 2 aromatic carbocycles. The molecule has 19 heavy (non-hydrogen) atoms. The summed E-state index contributed by atoms with van der Waals surface area (Å²) in [7, 11) is 0. The molecule has 0 aliphatic heterocycles. The minimum Gasteiger partial charge on any atom is -0.351 e. The van der Waals surface area contributed by atoms with E-state index in [4.69, 9.17) is 5.73 Å². The lowest BCUT2D eigenvalue weighted by molar-refractivity contribution is 0.253. The summed E-state index contributed by atoms with van der Waals surface area (Å²) < 4.78 is 0. The molecule has 2 aromatic rings. The number of guanidine groups is 1. The monoisotopic (exact) mass is 256 g/mol. The maximum atomic E-state index is 10.9. The van der Waals surface area contributed by atoms with Gasteiger partial charge in [-0.1, -0.05) is 36.4 Å². The van der Waals surface area contributed by atoms with Crippen molar-refractivity contribution in [1.82, 2.24) is 5.32 Å². The molecule has 0 radical (unpaired) electrons. The minimum atomic E-state index is -0.639. The Morgan fingerprint density at radius 3 is 2.68 bits per heavy atom. The van der Waals surface area contributed by atoms with Crippen molar-refractivity contribution in [1.29, 1.82) is 0 Å². The summed E-state index contributed by atoms with van der Waals surface area (Å²) in [5, 5.41) is 7.73. The van der Waals surface area contributed by atoms with Gasteiger partial charge >= 0.3 is 6.03 Å². The lowest BCUT2D eigenvalue weighted by atomic mass is 10.1. The van der Waals surface area contributed by atoms with Crippen molar-refractivity contribution in [2.24, 2.45) is 10.7 Å². The van der Waals surface area contributed by atoms with Gasteiger partial charge in [-0.3, -0.25) is 10.3 Å². The molecule has 0 bridgehead atoms. The smallest absolute Gasteiger partial charge is 0.318 e. The van der Waals surface area contributed by atoms with Crippen LogP contribution in [0.1, 0.15) is 6.92 Å². The number of hydrogen-bond acceptors (Lipinski definition) is 2. The fourth-order valence-electron chi connectivity index (χ4n) is 1.85. The minimum absolute atomic E-state index is 0.353. The van der Waals surface area contributed by atoms with E-state index in [1.807, 2.05) is 49.4 Å². The molecule has 0 aliphatic carbocycles. The molecule has 0 heterocycles. The standard InChI is InChI=1S/C14H16N4O/c1-2-16-14(18-13(15)19)17-12-9-5-7-10-6-3-4-8-11(10)12/h3-9H,2H2,1H3,(H4,15,16,17,18,19). The molecule has 0 saturated carbocycles. The summed E-state index contributed by atoms with van der Waals surface area (Å²) in [6.45, 7) is 2.43. The Balaban J connectivity index is 2.34. The number of hydrogen-bond donors (Lipinski definition) is 3. The van der Waals surface area contributed by atoms with E-state index in [2.05, 4.69) is 15.6 Å². The molecule has 0 atom stereocenters. The summed E-state index contributed by atoms with van der Waals surface area (Å²) in [5.41, 5.74) is 5.99. The molecule has 2 rings (SSSR count). The number of benzene rings is 2. The summed E-state index contributed by atoms with van der Waals surface area (Å²) in [6, 6.07) is 13.2. The first-order valence-corrected chi connectivity index (χ1v) is 6.06. The van der Waals surface area contributed by atoms with E-state index in [0.29, 0.717) is 12.5 Å². The molecule has 2 amide bonds. The number of primary amides is 1. The van der Waals surface area contributed by atoms with Crippen molar-refractivity contribution in [2.45, 2.75) is 6.92 Å². The Morgan fingerprint density at radius 2 is 1.95 bits per heavy atom. The van der Waals surface area contributed by atoms with Gasteiger partial charge in [-0.25, -0.2) is 4.79 Å². The molecule has 0 aliphatic rings. The van der Waals surface area contributed by atoms with Crippen molar-refractivity contribution < 1.29 is 4.79 Å². The van der Waals surface area contributed by atoms with Gasteiger partial charge < -0.3 is 11.1 Å². The lowest BCUT2D eigenvalue weighted by Gasteiger charge is -2.12. The van der Waals surface area contributed by atoms with Gasteiger partial charge in [-0.2, -0.15) is 0 Å². The third kappa shape index (κ3) is 3.22. The van der Waals surface area contributed by atoms with Crippen molar-refractivity contribution >= 4 is 28.5 Å². The number of nitrogens with zero attached hydrogens (tertiary/aromatic N) is 1. The fourth-order valence-corrected chi connectivity index (χ4v) is 1.85. The van der Waals surface area contributed by atoms with E-state index in [-0.39, 0.29) is 0 Å². The number of rotatable bonds is 2. The highest BCUT2D eigenvalue weighted by atomic mass is 16.2. The van der Waals surface area contributed by atoms with Crippen LogP contribution in [0.2, 0.25) is 0 Å². The lowest BCUT2D eigenvalue weighted by Crippen LogP contribution is -2.39. The molecule has 5 nitrogen and oxygen atoms in total. The predicted molar refractivity (Wildman–Crippen MR) is 78.3 cm³/mol. The SMILES string of the molecule is CCN=C(NC(N)=O)Nc1cccc2ccccc12. The van der Waals surface area contributed by atoms with Gasteiger partial charge in [0, 0.05) is 17.6 Å². The molecule has 0 aromatic heterocycles. The number of amides is 2. The maximum absolute atomic E-state index is 10.9. The Hall–Kier alpha value is -2.56. The first kappa shape index (κ1) is 12.9. The second-order valence-corrected chi connectivity index (χ2v) is 3.96. The Kier molecular flexibility index (Phi) is 3.97. The van der Waals surface area contributed by atoms with Crippen molar-refractivity contribution in [3.8, 4) is 0 Å². The van der Waals surface area contributed by atoms with E-state index in [1.54, 1.807) is 0 Å². The van der Waals surface area contributed by atoms with E-state index in [1.165, 1.54) is 0 Å². The summed E-state index contributed by atoms with van der Waals surface area (Å²) in [4.78, 5) is 15.1. The molecular formula is C14H16N4O. The van der Waals surface area contributed by atoms with Crippen LogP contribution in [0.5, 0.6) is 0 Å². The quantitative estimate of drug-likeness (QED) is 0.569. The van der Waals surface area contributed by atoms with Crippen LogP contribution in [-0.4, -0.2) is 18.5 Å². The number of anilines is 1. The van der Waals surface area contributed by atoms with Gasteiger partial charge in [0.1, 0.15) is 0 Å². The van der Waals surface area contributed by atoms with Crippen molar-refractivity contribution in [2.75, 3.05) is 11.9 Å². The predicted octanol–water partition coefficient (Wildman–Crippen LogP) is 2.30. The summed E-state index contributed by atoms with van der Waals surface area (Å²) in [6.07, 6.45) is 0. The number of carbonyl (C=O) groups excluding carboxylic acids is 1. The van der Waals surface area contributed by atoms with Crippen LogP contribution in [0.25, 0.3) is 10.8 Å². The van der Waals surface area contributed by atoms with E-state index in [9.17, 15) is 4.79 Å². The maximum Gasteiger partial charge on any atom is 0.318 e. The average molecular weight is 256 g/mol. The van der Waals surface area contributed by atoms with Gasteiger partial charge in [0.25, 0.3) is 0 Å². The van der Waals surface area contributed by atoms with E-state index < -0.39 is 6.03 Å². The van der Waals surface area contributed by atoms with Gasteiger partial charge in [-0.15, -0.1) is 0 Å². The zero-order valence-electron chi connectivity index (χ0n) is 10.7. The van der Waals surface area contributed by atoms with Gasteiger partial charge in [0.15, 0.2) is 0 Å². The second kappa shape index (κ2) is 5.86. The van der Waals surface area contributed by atoms with Gasteiger partial charge in [-0.05, 0) is 18.4 Å². The Morgan fingerprint density at radius 1 is 1.21 bits per heavy atom. The number of fused-ring (bicyclic) bond motifs is 1. The van der Waals surface area contributed by atoms with Crippen LogP contribution in [0.15, 0.2) is 47.5 Å². The number of aliphatic imine (C=N–C) groups is 1. The van der Waals surface area contributed by atoms with Gasteiger partial charge in [0.2, 0.25) is 5.96 Å². The van der Waals surface area contributed by atoms with Crippen LogP contribution >= 0.6 is 0 Å². The molecule has 0 unspecified atom stereocenters. The van der Waals surface area contributed by atoms with Crippen LogP contribution in [0, 0.1) is 0 Å². The molecular weight excluding hydrogens is 240 g/mol. The Bertz CT molecular complexity index is 616. The molecule has 4 N–H and O–H groups in total. The van der Waals surface area contributed by atoms with Crippen LogP contribution < -0.4 is 16.4 Å². The number of nitrogens with two attached hydrogens (primary N) is 1. The van der Waals surface area contributed by atoms with E-state index >= 15 is 0 Å². The van der Waals surface area contributed by atoms with Crippen molar-refractivity contribution in [3.05, 3.63) is 42.5 Å². The normalized spacial score (nSPS) is 11.3. The van der Waals surface area contributed by atoms with Crippen LogP contribution in [0.4, 0.5) is 10.5 Å². The molecule has 5 heteroatoms. The highest BCUT2D eigenvalue weighted by molar-refractivity contribution is 6.07. The largest absolute Gasteiger partial charge is 0.351 e. The number of nitrogens with one attached hydrogen (secondary N) is 2. The van der Waals surface area contributed by atoms with Crippen LogP contribution in [0.3, 0.4) is 0 Å². The number of carbonyl (C=O) groups is 1. The topological polar surface area (TPSA) is 79.5 Å². The molecule has 0 saturated heterocycles. The molecule has 0 spiro atoms. The van der Waals surface area contributed by atoms with Crippen molar-refractivity contribution in [3.63, 3.8) is 0 Å².